The number of hydrogen-bond acceptors (Lipinski definition) is 3. The molecular weight excluding hydrogens is 230 g/mol. The SMILES string of the molecule is COc1ccc(CCC(=O)N(C)C(C)CO)cc1. The molecular formula is C14H21NO3. The van der Waals surface area contributed by atoms with Gasteiger partial charge in [0.05, 0.1) is 19.8 Å². The molecule has 1 atom stereocenters. The Morgan fingerprint density at radius 3 is 2.50 bits per heavy atom. The van der Waals surface area contributed by atoms with Crippen LogP contribution < -0.4 is 4.74 Å². The second-order valence-electron chi connectivity index (χ2n) is 4.38. The molecule has 1 N–H and O–H groups in total. The van der Waals surface area contributed by atoms with Crippen molar-refractivity contribution in [2.45, 2.75) is 25.8 Å². The minimum atomic E-state index is -0.131. The van der Waals surface area contributed by atoms with Gasteiger partial charge >= 0.3 is 0 Å². The van der Waals surface area contributed by atoms with Gasteiger partial charge in [0.25, 0.3) is 0 Å². The molecule has 0 aromatic heterocycles. The topological polar surface area (TPSA) is 49.8 Å². The zero-order valence-corrected chi connectivity index (χ0v) is 11.2. The molecule has 0 bridgehead atoms. The normalized spacial score (nSPS) is 12.0. The molecule has 0 aliphatic rings. The summed E-state index contributed by atoms with van der Waals surface area (Å²) in [6, 6.07) is 7.57. The third-order valence-electron chi connectivity index (χ3n) is 3.11. The summed E-state index contributed by atoms with van der Waals surface area (Å²) in [7, 11) is 3.35. The number of aliphatic hydroxyl groups excluding tert-OH is 1. The molecule has 0 saturated carbocycles. The van der Waals surface area contributed by atoms with Crippen molar-refractivity contribution in [2.75, 3.05) is 20.8 Å². The van der Waals surface area contributed by atoms with Gasteiger partial charge in [-0.3, -0.25) is 4.79 Å². The first-order valence-corrected chi connectivity index (χ1v) is 6.08. The van der Waals surface area contributed by atoms with Crippen LogP contribution in [0, 0.1) is 0 Å². The molecule has 0 aliphatic carbocycles. The Morgan fingerprint density at radius 2 is 2.00 bits per heavy atom. The fourth-order valence-electron chi connectivity index (χ4n) is 1.59. The van der Waals surface area contributed by atoms with E-state index in [9.17, 15) is 4.79 Å². The highest BCUT2D eigenvalue weighted by molar-refractivity contribution is 5.76. The fraction of sp³-hybridized carbons (Fsp3) is 0.500. The molecule has 0 aliphatic heterocycles. The van der Waals surface area contributed by atoms with Crippen LogP contribution in [0.15, 0.2) is 24.3 Å². The van der Waals surface area contributed by atoms with E-state index >= 15 is 0 Å². The van der Waals surface area contributed by atoms with Crippen molar-refractivity contribution in [3.63, 3.8) is 0 Å². The van der Waals surface area contributed by atoms with Gasteiger partial charge in [0.2, 0.25) is 5.91 Å². The van der Waals surface area contributed by atoms with E-state index in [1.807, 2.05) is 31.2 Å². The van der Waals surface area contributed by atoms with Gasteiger partial charge in [0, 0.05) is 13.5 Å². The number of aliphatic hydroxyl groups is 1. The predicted octanol–water partition coefficient (Wildman–Crippen LogP) is 1.47. The van der Waals surface area contributed by atoms with E-state index in [-0.39, 0.29) is 18.6 Å². The first-order valence-electron chi connectivity index (χ1n) is 6.08. The van der Waals surface area contributed by atoms with E-state index < -0.39 is 0 Å². The molecule has 0 spiro atoms. The Kier molecular flexibility index (Phi) is 5.65. The summed E-state index contributed by atoms with van der Waals surface area (Å²) < 4.78 is 5.08. The largest absolute Gasteiger partial charge is 0.497 e. The molecule has 1 rings (SSSR count). The number of carbonyl (C=O) groups excluding carboxylic acids is 1. The molecule has 0 saturated heterocycles. The van der Waals surface area contributed by atoms with Gasteiger partial charge in [-0.15, -0.1) is 0 Å². The Morgan fingerprint density at radius 1 is 1.39 bits per heavy atom. The van der Waals surface area contributed by atoms with Crippen LogP contribution in [0.1, 0.15) is 18.9 Å². The highest BCUT2D eigenvalue weighted by Crippen LogP contribution is 2.13. The highest BCUT2D eigenvalue weighted by atomic mass is 16.5. The van der Waals surface area contributed by atoms with Gasteiger partial charge in [-0.05, 0) is 31.0 Å². The van der Waals surface area contributed by atoms with Crippen LogP contribution in [0.3, 0.4) is 0 Å². The maximum atomic E-state index is 11.8. The summed E-state index contributed by atoms with van der Waals surface area (Å²) in [5.41, 5.74) is 1.11. The molecule has 0 heterocycles. The van der Waals surface area contributed by atoms with Crippen molar-refractivity contribution in [2.24, 2.45) is 0 Å². The third-order valence-corrected chi connectivity index (χ3v) is 3.11. The number of rotatable bonds is 6. The number of benzene rings is 1. The van der Waals surface area contributed by atoms with Crippen molar-refractivity contribution < 1.29 is 14.6 Å². The van der Waals surface area contributed by atoms with E-state index in [0.29, 0.717) is 12.8 Å². The van der Waals surface area contributed by atoms with Gasteiger partial charge in [-0.1, -0.05) is 12.1 Å². The van der Waals surface area contributed by atoms with Gasteiger partial charge in [-0.25, -0.2) is 0 Å². The minimum absolute atomic E-state index is 0.00915. The molecule has 1 aromatic carbocycles. The number of likely N-dealkylation sites (N-methyl/N-ethyl adjacent to an activating group) is 1. The summed E-state index contributed by atoms with van der Waals surface area (Å²) in [4.78, 5) is 13.4. The van der Waals surface area contributed by atoms with Gasteiger partial charge < -0.3 is 14.7 Å². The van der Waals surface area contributed by atoms with Crippen LogP contribution in [0.5, 0.6) is 5.75 Å². The molecule has 18 heavy (non-hydrogen) atoms. The highest BCUT2D eigenvalue weighted by Gasteiger charge is 2.14. The monoisotopic (exact) mass is 251 g/mol. The maximum absolute atomic E-state index is 11.8. The average Bonchev–Trinajstić information content (AvgIpc) is 2.43. The van der Waals surface area contributed by atoms with E-state index in [4.69, 9.17) is 9.84 Å². The third kappa shape index (κ3) is 4.04. The lowest BCUT2D eigenvalue weighted by molar-refractivity contribution is -0.132. The first-order chi connectivity index (χ1) is 8.58. The zero-order valence-electron chi connectivity index (χ0n) is 11.2. The predicted molar refractivity (Wildman–Crippen MR) is 70.6 cm³/mol. The fourth-order valence-corrected chi connectivity index (χ4v) is 1.59. The van der Waals surface area contributed by atoms with Crippen molar-refractivity contribution in [3.8, 4) is 5.75 Å². The summed E-state index contributed by atoms with van der Waals surface area (Å²) in [5.74, 6) is 0.864. The Balaban J connectivity index is 2.46. The summed E-state index contributed by atoms with van der Waals surface area (Å²) in [5, 5.41) is 8.99. The second-order valence-corrected chi connectivity index (χ2v) is 4.38. The van der Waals surface area contributed by atoms with E-state index in [1.165, 1.54) is 0 Å². The molecule has 1 amide bonds. The van der Waals surface area contributed by atoms with Crippen molar-refractivity contribution in [1.82, 2.24) is 4.90 Å². The minimum Gasteiger partial charge on any atom is -0.497 e. The van der Waals surface area contributed by atoms with E-state index in [1.54, 1.807) is 19.1 Å². The lowest BCUT2D eigenvalue weighted by Gasteiger charge is -2.23. The summed E-state index contributed by atoms with van der Waals surface area (Å²) >= 11 is 0. The molecule has 100 valence electrons. The number of amides is 1. The van der Waals surface area contributed by atoms with E-state index in [2.05, 4.69) is 0 Å². The number of methoxy groups -OCH3 is 1. The zero-order chi connectivity index (χ0) is 13.5. The van der Waals surface area contributed by atoms with Gasteiger partial charge in [-0.2, -0.15) is 0 Å². The molecule has 0 fully saturated rings. The van der Waals surface area contributed by atoms with Crippen LogP contribution in [-0.2, 0) is 11.2 Å². The lowest BCUT2D eigenvalue weighted by Crippen LogP contribution is -2.37. The smallest absolute Gasteiger partial charge is 0.222 e. The molecule has 4 heteroatoms. The second kappa shape index (κ2) is 7.01. The number of ether oxygens (including phenoxy) is 1. The summed E-state index contributed by atoms with van der Waals surface area (Å²) in [6.45, 7) is 1.82. The lowest BCUT2D eigenvalue weighted by atomic mass is 10.1. The van der Waals surface area contributed by atoms with Crippen molar-refractivity contribution in [1.29, 1.82) is 0 Å². The standard InChI is InChI=1S/C14H21NO3/c1-11(10-16)15(2)14(17)9-6-12-4-7-13(18-3)8-5-12/h4-5,7-8,11,16H,6,9-10H2,1-3H3. The van der Waals surface area contributed by atoms with E-state index in [0.717, 1.165) is 11.3 Å². The number of carbonyl (C=O) groups is 1. The number of hydrogen-bond donors (Lipinski definition) is 1. The van der Waals surface area contributed by atoms with Crippen LogP contribution in [0.4, 0.5) is 0 Å². The van der Waals surface area contributed by atoms with Crippen LogP contribution in [0.25, 0.3) is 0 Å². The van der Waals surface area contributed by atoms with Crippen molar-refractivity contribution >= 4 is 5.91 Å². The maximum Gasteiger partial charge on any atom is 0.222 e. The average molecular weight is 251 g/mol. The molecule has 0 radical (unpaired) electrons. The Labute approximate surface area is 108 Å². The van der Waals surface area contributed by atoms with Crippen LogP contribution >= 0.6 is 0 Å². The summed E-state index contributed by atoms with van der Waals surface area (Å²) in [6.07, 6.45) is 1.15. The Hall–Kier alpha value is -1.55. The number of nitrogens with zero attached hydrogens (tertiary/aromatic N) is 1. The van der Waals surface area contributed by atoms with Gasteiger partial charge in [0.1, 0.15) is 5.75 Å². The number of aryl methyl sites for hydroxylation is 1. The van der Waals surface area contributed by atoms with Crippen LogP contribution in [0.2, 0.25) is 0 Å². The first kappa shape index (κ1) is 14.5. The van der Waals surface area contributed by atoms with Gasteiger partial charge in [0.15, 0.2) is 0 Å². The molecule has 4 nitrogen and oxygen atoms in total. The quantitative estimate of drug-likeness (QED) is 0.833. The molecule has 1 aromatic rings. The van der Waals surface area contributed by atoms with Crippen LogP contribution in [-0.4, -0.2) is 42.7 Å². The van der Waals surface area contributed by atoms with Crippen molar-refractivity contribution in [3.05, 3.63) is 29.8 Å². The Bertz CT molecular complexity index is 375. The molecule has 1 unspecified atom stereocenters.